The zero-order chi connectivity index (χ0) is 21.9. The maximum absolute atomic E-state index is 11.0. The van der Waals surface area contributed by atoms with Gasteiger partial charge in [0, 0.05) is 25.4 Å². The molecular formula is C26H42O5. The Labute approximate surface area is 188 Å². The monoisotopic (exact) mass is 434 g/mol. The van der Waals surface area contributed by atoms with E-state index in [1.54, 1.807) is 0 Å². The Kier molecular flexibility index (Phi) is 7.60. The smallest absolute Gasteiger partial charge is 0.169 e. The minimum absolute atomic E-state index is 0.0818. The van der Waals surface area contributed by atoms with Gasteiger partial charge in [-0.05, 0) is 62.2 Å². The quantitative estimate of drug-likeness (QED) is 0.409. The van der Waals surface area contributed by atoms with E-state index in [1.165, 1.54) is 6.42 Å². The van der Waals surface area contributed by atoms with E-state index in [9.17, 15) is 5.11 Å². The summed E-state index contributed by atoms with van der Waals surface area (Å²) in [6, 6.07) is 0. The highest BCUT2D eigenvalue weighted by Crippen LogP contribution is 2.55. The van der Waals surface area contributed by atoms with Crippen LogP contribution >= 0.6 is 0 Å². The zero-order valence-electron chi connectivity index (χ0n) is 19.5. The van der Waals surface area contributed by atoms with Crippen molar-refractivity contribution in [1.82, 2.24) is 0 Å². The molecule has 2 aliphatic carbocycles. The Bertz CT molecular complexity index is 617. The molecule has 4 fully saturated rings. The lowest BCUT2D eigenvalue weighted by molar-refractivity contribution is -0.198. The number of unbranched alkanes of at least 4 members (excludes halogenated alkanes) is 1. The molecule has 31 heavy (non-hydrogen) atoms. The van der Waals surface area contributed by atoms with E-state index in [0.717, 1.165) is 58.0 Å². The van der Waals surface area contributed by atoms with Crippen molar-refractivity contribution in [2.45, 2.75) is 95.9 Å². The summed E-state index contributed by atoms with van der Waals surface area (Å²) in [6.45, 7) is 10.3. The molecule has 1 N–H and O–H groups in total. The van der Waals surface area contributed by atoms with Crippen molar-refractivity contribution in [2.75, 3.05) is 19.8 Å². The number of fused-ring (bicyclic) bond motifs is 1. The molecule has 2 unspecified atom stereocenters. The van der Waals surface area contributed by atoms with E-state index in [4.69, 9.17) is 18.9 Å². The highest BCUT2D eigenvalue weighted by Gasteiger charge is 2.56. The van der Waals surface area contributed by atoms with Crippen molar-refractivity contribution in [3.05, 3.63) is 24.8 Å². The largest absolute Gasteiger partial charge is 0.388 e. The molecule has 4 aliphatic rings. The molecule has 0 aromatic rings. The van der Waals surface area contributed by atoms with E-state index >= 15 is 0 Å². The zero-order valence-corrected chi connectivity index (χ0v) is 19.5. The maximum atomic E-state index is 11.0. The molecule has 176 valence electrons. The summed E-state index contributed by atoms with van der Waals surface area (Å²) in [5, 5.41) is 11.0. The molecule has 2 saturated carbocycles. The highest BCUT2D eigenvalue weighted by molar-refractivity contribution is 5.10. The van der Waals surface area contributed by atoms with Gasteiger partial charge in [0.1, 0.15) is 0 Å². The molecule has 2 heterocycles. The van der Waals surface area contributed by atoms with Gasteiger partial charge in [-0.1, -0.05) is 32.1 Å². The van der Waals surface area contributed by atoms with Gasteiger partial charge in [-0.25, -0.2) is 0 Å². The number of ether oxygens (including phenoxy) is 4. The van der Waals surface area contributed by atoms with Crippen LogP contribution in [0.1, 0.15) is 71.6 Å². The fourth-order valence-electron chi connectivity index (χ4n) is 6.10. The van der Waals surface area contributed by atoms with Crippen molar-refractivity contribution in [3.8, 4) is 0 Å². The van der Waals surface area contributed by atoms with Gasteiger partial charge in [-0.15, -0.1) is 6.58 Å². The van der Waals surface area contributed by atoms with Crippen LogP contribution in [-0.2, 0) is 18.9 Å². The first-order chi connectivity index (χ1) is 14.9. The standard InChI is InChI=1S/C26H42O5/c1-4-5-7-12-25(2,3)23(27)11-10-20-21-18-26(29-14-15-30-26)17-19(21)16-22(20)31-24-9-6-8-13-28-24/h4,10-11,19-24,27H,1,5-9,12-18H2,2-3H3/t19-,20+,21+,22+,23?,24?/m0/s1. The predicted octanol–water partition coefficient (Wildman–Crippen LogP) is 4.99. The number of hydrogen-bond acceptors (Lipinski definition) is 5. The Morgan fingerprint density at radius 3 is 2.71 bits per heavy atom. The van der Waals surface area contributed by atoms with Crippen molar-refractivity contribution in [1.29, 1.82) is 0 Å². The molecule has 6 atom stereocenters. The molecule has 0 aromatic carbocycles. The van der Waals surface area contributed by atoms with Crippen molar-refractivity contribution >= 4 is 0 Å². The van der Waals surface area contributed by atoms with Gasteiger partial charge in [0.05, 0.1) is 25.4 Å². The number of allylic oxidation sites excluding steroid dienone is 1. The van der Waals surface area contributed by atoms with Gasteiger partial charge in [0.2, 0.25) is 0 Å². The molecule has 0 bridgehead atoms. The second-order valence-corrected chi connectivity index (χ2v) is 10.7. The summed E-state index contributed by atoms with van der Waals surface area (Å²) in [6.07, 6.45) is 15.0. The molecule has 1 spiro atoms. The molecular weight excluding hydrogens is 392 g/mol. The molecule has 5 nitrogen and oxygen atoms in total. The van der Waals surface area contributed by atoms with Gasteiger partial charge in [0.25, 0.3) is 0 Å². The average molecular weight is 435 g/mol. The van der Waals surface area contributed by atoms with Gasteiger partial charge in [0.15, 0.2) is 12.1 Å². The van der Waals surface area contributed by atoms with Crippen molar-refractivity contribution in [2.24, 2.45) is 23.2 Å². The van der Waals surface area contributed by atoms with Gasteiger partial charge in [-0.2, -0.15) is 0 Å². The maximum Gasteiger partial charge on any atom is 0.169 e. The Morgan fingerprint density at radius 1 is 1.19 bits per heavy atom. The minimum atomic E-state index is -0.475. The first-order valence-electron chi connectivity index (χ1n) is 12.4. The van der Waals surface area contributed by atoms with E-state index in [2.05, 4.69) is 26.5 Å². The third-order valence-electron chi connectivity index (χ3n) is 8.01. The number of aliphatic hydroxyl groups excluding tert-OH is 1. The van der Waals surface area contributed by atoms with Crippen LogP contribution in [0.5, 0.6) is 0 Å². The van der Waals surface area contributed by atoms with Crippen LogP contribution in [-0.4, -0.2) is 49.2 Å². The summed E-state index contributed by atoms with van der Waals surface area (Å²) in [4.78, 5) is 0. The highest BCUT2D eigenvalue weighted by atomic mass is 16.7. The summed E-state index contributed by atoms with van der Waals surface area (Å²) >= 11 is 0. The van der Waals surface area contributed by atoms with E-state index in [-0.39, 0.29) is 29.5 Å². The van der Waals surface area contributed by atoms with E-state index in [0.29, 0.717) is 25.0 Å². The Balaban J connectivity index is 1.44. The van der Waals surface area contributed by atoms with Crippen LogP contribution in [0.25, 0.3) is 0 Å². The normalized spacial score (nSPS) is 36.3. The Hall–Kier alpha value is -0.720. The second-order valence-electron chi connectivity index (χ2n) is 10.7. The molecule has 0 aromatic heterocycles. The van der Waals surface area contributed by atoms with E-state index in [1.807, 2.05) is 12.2 Å². The lowest BCUT2D eigenvalue weighted by Gasteiger charge is -2.32. The lowest BCUT2D eigenvalue weighted by Crippen LogP contribution is -2.34. The molecule has 4 rings (SSSR count). The number of hydrogen-bond donors (Lipinski definition) is 1. The fraction of sp³-hybridized carbons (Fsp3) is 0.846. The molecule has 0 radical (unpaired) electrons. The van der Waals surface area contributed by atoms with Crippen LogP contribution in [0.4, 0.5) is 0 Å². The van der Waals surface area contributed by atoms with Crippen LogP contribution in [0.3, 0.4) is 0 Å². The van der Waals surface area contributed by atoms with Crippen LogP contribution in [0.2, 0.25) is 0 Å². The predicted molar refractivity (Wildman–Crippen MR) is 120 cm³/mol. The second kappa shape index (κ2) is 10.0. The first-order valence-corrected chi connectivity index (χ1v) is 12.4. The molecule has 2 saturated heterocycles. The lowest BCUT2D eigenvalue weighted by atomic mass is 9.80. The van der Waals surface area contributed by atoms with Gasteiger partial charge < -0.3 is 24.1 Å². The van der Waals surface area contributed by atoms with Gasteiger partial charge >= 0.3 is 0 Å². The van der Waals surface area contributed by atoms with Crippen LogP contribution in [0.15, 0.2) is 24.8 Å². The van der Waals surface area contributed by atoms with Crippen molar-refractivity contribution < 1.29 is 24.1 Å². The Morgan fingerprint density at radius 2 is 2.00 bits per heavy atom. The molecule has 2 aliphatic heterocycles. The first kappa shape index (κ1) is 23.4. The van der Waals surface area contributed by atoms with Crippen molar-refractivity contribution in [3.63, 3.8) is 0 Å². The van der Waals surface area contributed by atoms with Gasteiger partial charge in [-0.3, -0.25) is 0 Å². The summed E-state index contributed by atoms with van der Waals surface area (Å²) in [5.74, 6) is 0.899. The average Bonchev–Trinajstić information content (AvgIpc) is 3.43. The summed E-state index contributed by atoms with van der Waals surface area (Å²) < 4.78 is 24.5. The molecule has 5 heteroatoms. The third kappa shape index (κ3) is 5.44. The number of rotatable bonds is 9. The SMILES string of the molecule is C=CCCCC(C)(C)C(O)C=C[C@@H]1[C@@H]2CC3(C[C@@H]2C[C@H]1OC1CCCCO1)OCCO3. The fourth-order valence-corrected chi connectivity index (χ4v) is 6.10. The molecule has 0 amide bonds. The van der Waals surface area contributed by atoms with Crippen LogP contribution < -0.4 is 0 Å². The number of aliphatic hydroxyl groups is 1. The minimum Gasteiger partial charge on any atom is -0.388 e. The topological polar surface area (TPSA) is 57.2 Å². The summed E-state index contributed by atoms with van der Waals surface area (Å²) in [5.41, 5.74) is -0.158. The van der Waals surface area contributed by atoms with E-state index < -0.39 is 6.10 Å². The summed E-state index contributed by atoms with van der Waals surface area (Å²) in [7, 11) is 0. The third-order valence-corrected chi connectivity index (χ3v) is 8.01. The van der Waals surface area contributed by atoms with Crippen LogP contribution in [0, 0.1) is 23.2 Å².